The summed E-state index contributed by atoms with van der Waals surface area (Å²) in [6, 6.07) is 10.2. The Morgan fingerprint density at radius 3 is 2.52 bits per heavy atom. The van der Waals surface area contributed by atoms with Gasteiger partial charge in [0.25, 0.3) is 0 Å². The van der Waals surface area contributed by atoms with Crippen LogP contribution >= 0.6 is 0 Å². The zero-order valence-corrected chi connectivity index (χ0v) is 17.0. The van der Waals surface area contributed by atoms with Gasteiger partial charge in [0.2, 0.25) is 0 Å². The third-order valence-electron chi connectivity index (χ3n) is 5.71. The molecule has 0 spiro atoms. The third kappa shape index (κ3) is 4.10. The Morgan fingerprint density at radius 2 is 1.82 bits per heavy atom. The van der Waals surface area contributed by atoms with Crippen LogP contribution in [0.3, 0.4) is 0 Å². The normalized spacial score (nSPS) is 27.2. The van der Waals surface area contributed by atoms with E-state index in [1.165, 1.54) is 10.9 Å². The van der Waals surface area contributed by atoms with E-state index in [0.29, 0.717) is 0 Å². The van der Waals surface area contributed by atoms with Gasteiger partial charge < -0.3 is 19.3 Å². The van der Waals surface area contributed by atoms with Crippen LogP contribution in [0.5, 0.6) is 0 Å². The lowest BCUT2D eigenvalue weighted by atomic mass is 9.94. The Hall–Kier alpha value is -3.28. The summed E-state index contributed by atoms with van der Waals surface area (Å²) < 4.78 is 59.6. The molecule has 11 heteroatoms. The number of carboxylic acids is 1. The number of hydrogen-bond donors (Lipinski definition) is 1. The second-order valence-electron chi connectivity index (χ2n) is 7.82. The minimum absolute atomic E-state index is 0.00824. The largest absolute Gasteiger partial charge is 0.479 e. The molecule has 0 bridgehead atoms. The van der Waals surface area contributed by atoms with E-state index in [-0.39, 0.29) is 24.3 Å². The minimum atomic E-state index is -1.58. The predicted molar refractivity (Wildman–Crippen MR) is 105 cm³/mol. The highest BCUT2D eigenvalue weighted by Crippen LogP contribution is 2.39. The summed E-state index contributed by atoms with van der Waals surface area (Å²) in [4.78, 5) is 11.7. The number of aliphatic carboxylic acids is 1. The molecule has 2 fully saturated rings. The molecule has 5 atom stereocenters. The molecule has 1 aromatic heterocycles. The highest BCUT2D eigenvalue weighted by Gasteiger charge is 2.47. The van der Waals surface area contributed by atoms with Gasteiger partial charge in [0, 0.05) is 17.5 Å². The maximum atomic E-state index is 13.7. The lowest BCUT2D eigenvalue weighted by Gasteiger charge is -2.44. The summed E-state index contributed by atoms with van der Waals surface area (Å²) in [5, 5.41) is 17.5. The Bertz CT molecular complexity index is 1150. The summed E-state index contributed by atoms with van der Waals surface area (Å²) in [6.45, 7) is 0.0977. The van der Waals surface area contributed by atoms with Gasteiger partial charge in [-0.1, -0.05) is 35.5 Å². The van der Waals surface area contributed by atoms with Gasteiger partial charge in [-0.15, -0.1) is 5.10 Å². The lowest BCUT2D eigenvalue weighted by molar-refractivity contribution is -0.298. The number of ether oxygens (including phenoxy) is 3. The van der Waals surface area contributed by atoms with E-state index in [1.54, 1.807) is 0 Å². The van der Waals surface area contributed by atoms with Crippen LogP contribution in [0.1, 0.15) is 24.3 Å². The number of halogens is 3. The molecule has 8 nitrogen and oxygen atoms in total. The Kier molecular flexibility index (Phi) is 5.60. The van der Waals surface area contributed by atoms with E-state index < -0.39 is 54.1 Å². The molecule has 33 heavy (non-hydrogen) atoms. The molecule has 2 aliphatic heterocycles. The molecule has 2 aromatic carbocycles. The van der Waals surface area contributed by atoms with Gasteiger partial charge in [-0.2, -0.15) is 0 Å². The average Bonchev–Trinajstić information content (AvgIpc) is 3.32. The van der Waals surface area contributed by atoms with Crippen molar-refractivity contribution in [2.24, 2.45) is 0 Å². The molecule has 3 aromatic rings. The van der Waals surface area contributed by atoms with Crippen molar-refractivity contribution in [3.8, 4) is 11.3 Å². The SMILES string of the molecule is O=C(O)C1CC(n2cc(-c3cc(F)c(F)c(F)c3)nn2)C2OC(c3ccccc3)OCC2O1. The Labute approximate surface area is 185 Å². The van der Waals surface area contributed by atoms with Gasteiger partial charge in [0.1, 0.15) is 17.9 Å². The topological polar surface area (TPSA) is 95.7 Å². The van der Waals surface area contributed by atoms with E-state index in [4.69, 9.17) is 14.2 Å². The second kappa shape index (κ2) is 8.58. The van der Waals surface area contributed by atoms with Gasteiger partial charge in [0.15, 0.2) is 29.8 Å². The molecule has 5 rings (SSSR count). The number of carbonyl (C=O) groups is 1. The van der Waals surface area contributed by atoms with Crippen molar-refractivity contribution in [3.05, 3.63) is 71.7 Å². The van der Waals surface area contributed by atoms with Gasteiger partial charge in [-0.05, 0) is 12.1 Å². The van der Waals surface area contributed by atoms with E-state index in [1.807, 2.05) is 30.3 Å². The van der Waals surface area contributed by atoms with Gasteiger partial charge in [-0.25, -0.2) is 22.6 Å². The maximum Gasteiger partial charge on any atom is 0.332 e. The molecule has 0 amide bonds. The van der Waals surface area contributed by atoms with Crippen LogP contribution in [0, 0.1) is 17.5 Å². The van der Waals surface area contributed by atoms with E-state index in [0.717, 1.165) is 17.7 Å². The number of carboxylic acid groups (broad SMARTS) is 1. The average molecular weight is 461 g/mol. The minimum Gasteiger partial charge on any atom is -0.479 e. The first kappa shape index (κ1) is 21.6. The first-order chi connectivity index (χ1) is 15.9. The zero-order valence-electron chi connectivity index (χ0n) is 17.0. The molecular weight excluding hydrogens is 443 g/mol. The standard InChI is InChI=1S/C22H18F3N3O5/c23-13-6-12(7-14(24)19(13)25)15-9-28(27-26-15)16-8-17(21(29)30)32-18-10-31-22(33-20(16)18)11-4-2-1-3-5-11/h1-7,9,16-18,20,22H,8,10H2,(H,29,30). The van der Waals surface area contributed by atoms with Crippen molar-refractivity contribution in [2.75, 3.05) is 6.61 Å². The van der Waals surface area contributed by atoms with Crippen molar-refractivity contribution in [3.63, 3.8) is 0 Å². The number of nitrogens with zero attached hydrogens (tertiary/aromatic N) is 3. The summed E-state index contributed by atoms with van der Waals surface area (Å²) in [6.07, 6.45) is -1.70. The van der Waals surface area contributed by atoms with Crippen molar-refractivity contribution in [1.29, 1.82) is 0 Å². The summed E-state index contributed by atoms with van der Waals surface area (Å²) in [5.74, 6) is -5.43. The quantitative estimate of drug-likeness (QED) is 0.596. The predicted octanol–water partition coefficient (Wildman–Crippen LogP) is 3.26. The van der Waals surface area contributed by atoms with Crippen LogP contribution in [-0.4, -0.2) is 51.0 Å². The number of fused-ring (bicyclic) bond motifs is 1. The van der Waals surface area contributed by atoms with Crippen LogP contribution in [0.4, 0.5) is 13.2 Å². The van der Waals surface area contributed by atoms with Gasteiger partial charge in [-0.3, -0.25) is 0 Å². The smallest absolute Gasteiger partial charge is 0.332 e. The van der Waals surface area contributed by atoms with Crippen molar-refractivity contribution in [2.45, 2.75) is 37.1 Å². The first-order valence-electron chi connectivity index (χ1n) is 10.2. The van der Waals surface area contributed by atoms with Crippen LogP contribution in [0.2, 0.25) is 0 Å². The fourth-order valence-electron chi connectivity index (χ4n) is 4.10. The van der Waals surface area contributed by atoms with Gasteiger partial charge in [0.05, 0.1) is 18.8 Å². The fraction of sp³-hybridized carbons (Fsp3) is 0.318. The lowest BCUT2D eigenvalue weighted by Crippen LogP contribution is -2.54. The Balaban J connectivity index is 1.46. The molecule has 0 aliphatic carbocycles. The number of benzene rings is 2. The summed E-state index contributed by atoms with van der Waals surface area (Å²) in [7, 11) is 0. The molecule has 3 heterocycles. The van der Waals surface area contributed by atoms with E-state index >= 15 is 0 Å². The highest BCUT2D eigenvalue weighted by atomic mass is 19.2. The van der Waals surface area contributed by atoms with Crippen LogP contribution < -0.4 is 0 Å². The van der Waals surface area contributed by atoms with Crippen LogP contribution in [0.25, 0.3) is 11.3 Å². The number of rotatable bonds is 4. The maximum absolute atomic E-state index is 13.7. The number of aromatic nitrogens is 3. The van der Waals surface area contributed by atoms with Crippen LogP contribution in [-0.2, 0) is 19.0 Å². The molecule has 0 saturated carbocycles. The van der Waals surface area contributed by atoms with Crippen molar-refractivity contribution < 1.29 is 37.3 Å². The van der Waals surface area contributed by atoms with E-state index in [9.17, 15) is 23.1 Å². The van der Waals surface area contributed by atoms with Crippen molar-refractivity contribution in [1.82, 2.24) is 15.0 Å². The molecule has 172 valence electrons. The van der Waals surface area contributed by atoms with Crippen molar-refractivity contribution >= 4 is 5.97 Å². The molecule has 1 N–H and O–H groups in total. The molecule has 2 saturated heterocycles. The molecule has 5 unspecified atom stereocenters. The van der Waals surface area contributed by atoms with Crippen LogP contribution in [0.15, 0.2) is 48.7 Å². The number of hydrogen-bond acceptors (Lipinski definition) is 6. The Morgan fingerprint density at radius 1 is 1.09 bits per heavy atom. The first-order valence-corrected chi connectivity index (χ1v) is 10.2. The monoisotopic (exact) mass is 461 g/mol. The highest BCUT2D eigenvalue weighted by molar-refractivity contribution is 5.72. The summed E-state index contributed by atoms with van der Waals surface area (Å²) in [5.41, 5.74) is 0.868. The van der Waals surface area contributed by atoms with Gasteiger partial charge >= 0.3 is 5.97 Å². The molecule has 2 aliphatic rings. The molecule has 0 radical (unpaired) electrons. The fourth-order valence-corrected chi connectivity index (χ4v) is 4.10. The summed E-state index contributed by atoms with van der Waals surface area (Å²) >= 11 is 0. The second-order valence-corrected chi connectivity index (χ2v) is 7.82. The van der Waals surface area contributed by atoms with E-state index in [2.05, 4.69) is 10.3 Å². The zero-order chi connectivity index (χ0) is 23.1. The molecular formula is C22H18F3N3O5. The third-order valence-corrected chi connectivity index (χ3v) is 5.71.